The topological polar surface area (TPSA) is 71.3 Å². The number of aryl methyl sites for hydroxylation is 1. The summed E-state index contributed by atoms with van der Waals surface area (Å²) >= 11 is 0. The van der Waals surface area contributed by atoms with Crippen molar-refractivity contribution in [2.24, 2.45) is 0 Å². The van der Waals surface area contributed by atoms with Gasteiger partial charge in [-0.05, 0) is 48.4 Å². The Hall–Kier alpha value is -3.34. The largest absolute Gasteiger partial charge is 0.459 e. The molecule has 0 aliphatic carbocycles. The van der Waals surface area contributed by atoms with Gasteiger partial charge >= 0.3 is 0 Å². The number of anilines is 2. The first-order valence-electron chi connectivity index (χ1n) is 7.91. The summed E-state index contributed by atoms with van der Waals surface area (Å²) < 4.78 is 5.06. The zero-order valence-corrected chi connectivity index (χ0v) is 13.8. The van der Waals surface area contributed by atoms with E-state index in [1.165, 1.54) is 6.26 Å². The maximum atomic E-state index is 12.2. The Balaban J connectivity index is 1.63. The molecule has 0 saturated heterocycles. The van der Waals surface area contributed by atoms with Gasteiger partial charge in [-0.25, -0.2) is 0 Å². The zero-order valence-electron chi connectivity index (χ0n) is 13.8. The van der Waals surface area contributed by atoms with E-state index in [9.17, 15) is 9.59 Å². The van der Waals surface area contributed by atoms with E-state index in [0.29, 0.717) is 12.1 Å². The Morgan fingerprint density at radius 2 is 1.76 bits per heavy atom. The lowest BCUT2D eigenvalue weighted by Crippen LogP contribution is -2.15. The van der Waals surface area contributed by atoms with Gasteiger partial charge in [-0.15, -0.1) is 0 Å². The molecule has 0 aliphatic rings. The summed E-state index contributed by atoms with van der Waals surface area (Å²) in [5.41, 5.74) is 3.18. The highest BCUT2D eigenvalue weighted by atomic mass is 16.3. The van der Waals surface area contributed by atoms with Gasteiger partial charge in [0.25, 0.3) is 5.91 Å². The third-order valence-corrected chi connectivity index (χ3v) is 3.71. The van der Waals surface area contributed by atoms with Crippen molar-refractivity contribution in [3.8, 4) is 0 Å². The van der Waals surface area contributed by atoms with Crippen molar-refractivity contribution in [1.29, 1.82) is 0 Å². The van der Waals surface area contributed by atoms with Gasteiger partial charge in [-0.3, -0.25) is 9.59 Å². The molecule has 5 nitrogen and oxygen atoms in total. The molecule has 25 heavy (non-hydrogen) atoms. The maximum Gasteiger partial charge on any atom is 0.291 e. The molecule has 0 fully saturated rings. The van der Waals surface area contributed by atoms with Gasteiger partial charge in [0, 0.05) is 11.4 Å². The van der Waals surface area contributed by atoms with Crippen molar-refractivity contribution < 1.29 is 14.0 Å². The molecule has 0 bridgehead atoms. The molecule has 2 aromatic carbocycles. The summed E-state index contributed by atoms with van der Waals surface area (Å²) in [7, 11) is 0. The number of amides is 2. The van der Waals surface area contributed by atoms with Gasteiger partial charge < -0.3 is 15.1 Å². The average molecular weight is 334 g/mol. The van der Waals surface area contributed by atoms with Crippen LogP contribution in [0.25, 0.3) is 0 Å². The standard InChI is InChI=1S/C20H18N2O3/c1-14-12-16(21-20(24)18-8-5-11-25-18)9-10-17(14)22-19(23)13-15-6-3-2-4-7-15/h2-12H,13H2,1H3,(H,21,24)(H,22,23). The van der Waals surface area contributed by atoms with Crippen LogP contribution in [0.5, 0.6) is 0 Å². The second kappa shape index (κ2) is 7.49. The van der Waals surface area contributed by atoms with Gasteiger partial charge in [-0.2, -0.15) is 0 Å². The van der Waals surface area contributed by atoms with Crippen molar-refractivity contribution >= 4 is 23.2 Å². The molecule has 0 saturated carbocycles. The summed E-state index contributed by atoms with van der Waals surface area (Å²) in [6, 6.07) is 18.1. The Morgan fingerprint density at radius 3 is 2.44 bits per heavy atom. The lowest BCUT2D eigenvalue weighted by atomic mass is 10.1. The molecule has 1 heterocycles. The fraction of sp³-hybridized carbons (Fsp3) is 0.100. The molecule has 0 aliphatic heterocycles. The second-order valence-corrected chi connectivity index (χ2v) is 5.67. The molecule has 2 N–H and O–H groups in total. The number of hydrogen-bond acceptors (Lipinski definition) is 3. The first-order chi connectivity index (χ1) is 12.1. The minimum Gasteiger partial charge on any atom is -0.459 e. The van der Waals surface area contributed by atoms with Crippen molar-refractivity contribution in [2.75, 3.05) is 10.6 Å². The fourth-order valence-electron chi connectivity index (χ4n) is 2.46. The summed E-state index contributed by atoms with van der Waals surface area (Å²) in [5.74, 6) is -0.148. The van der Waals surface area contributed by atoms with Crippen LogP contribution in [0.15, 0.2) is 71.3 Å². The minimum absolute atomic E-state index is 0.0818. The number of carbonyl (C=O) groups excluding carboxylic acids is 2. The quantitative estimate of drug-likeness (QED) is 0.740. The van der Waals surface area contributed by atoms with Crippen molar-refractivity contribution in [3.63, 3.8) is 0 Å². The highest BCUT2D eigenvalue weighted by molar-refractivity contribution is 6.02. The van der Waals surface area contributed by atoms with E-state index in [1.54, 1.807) is 30.3 Å². The summed E-state index contributed by atoms with van der Waals surface area (Å²) in [4.78, 5) is 24.1. The lowest BCUT2D eigenvalue weighted by Gasteiger charge is -2.11. The van der Waals surface area contributed by atoms with Gasteiger partial charge in [-0.1, -0.05) is 30.3 Å². The number of benzene rings is 2. The lowest BCUT2D eigenvalue weighted by molar-refractivity contribution is -0.115. The van der Waals surface area contributed by atoms with Crippen LogP contribution in [0.4, 0.5) is 11.4 Å². The van der Waals surface area contributed by atoms with Gasteiger partial charge in [0.1, 0.15) is 0 Å². The number of rotatable bonds is 5. The van der Waals surface area contributed by atoms with Gasteiger partial charge in [0.05, 0.1) is 12.7 Å². The number of furan rings is 1. The molecule has 0 spiro atoms. The average Bonchev–Trinajstić information content (AvgIpc) is 3.13. The van der Waals surface area contributed by atoms with Crippen LogP contribution in [0, 0.1) is 6.92 Å². The summed E-state index contributed by atoms with van der Waals surface area (Å²) in [6.45, 7) is 1.88. The van der Waals surface area contributed by atoms with E-state index in [4.69, 9.17) is 4.42 Å². The monoisotopic (exact) mass is 334 g/mol. The molecule has 5 heteroatoms. The third kappa shape index (κ3) is 4.35. The SMILES string of the molecule is Cc1cc(NC(=O)c2ccco2)ccc1NC(=O)Cc1ccccc1. The van der Waals surface area contributed by atoms with Crippen molar-refractivity contribution in [2.45, 2.75) is 13.3 Å². The van der Waals surface area contributed by atoms with Gasteiger partial charge in [0.15, 0.2) is 5.76 Å². The van der Waals surface area contributed by atoms with Crippen LogP contribution in [0.3, 0.4) is 0 Å². The van der Waals surface area contributed by atoms with E-state index >= 15 is 0 Å². The molecule has 0 atom stereocenters. The van der Waals surface area contributed by atoms with Crippen LogP contribution in [0.2, 0.25) is 0 Å². The molecule has 126 valence electrons. The van der Waals surface area contributed by atoms with E-state index in [2.05, 4.69) is 10.6 Å². The third-order valence-electron chi connectivity index (χ3n) is 3.71. The Kier molecular flexibility index (Phi) is 4.95. The van der Waals surface area contributed by atoms with Crippen LogP contribution < -0.4 is 10.6 Å². The first-order valence-corrected chi connectivity index (χ1v) is 7.91. The van der Waals surface area contributed by atoms with Crippen molar-refractivity contribution in [3.05, 3.63) is 83.8 Å². The Morgan fingerprint density at radius 1 is 0.960 bits per heavy atom. The van der Waals surface area contributed by atoms with Crippen molar-refractivity contribution in [1.82, 2.24) is 0 Å². The number of carbonyl (C=O) groups is 2. The minimum atomic E-state index is -0.315. The fourth-order valence-corrected chi connectivity index (χ4v) is 2.46. The highest BCUT2D eigenvalue weighted by Gasteiger charge is 2.10. The van der Waals surface area contributed by atoms with Crippen LogP contribution in [-0.4, -0.2) is 11.8 Å². The molecule has 2 amide bonds. The molecular weight excluding hydrogens is 316 g/mol. The predicted octanol–water partition coefficient (Wildman–Crippen LogP) is 4.02. The second-order valence-electron chi connectivity index (χ2n) is 5.67. The van der Waals surface area contributed by atoms with E-state index in [-0.39, 0.29) is 17.6 Å². The van der Waals surface area contributed by atoms with E-state index < -0.39 is 0 Å². The molecule has 3 aromatic rings. The first kappa shape index (κ1) is 16.5. The molecule has 0 radical (unpaired) electrons. The van der Waals surface area contributed by atoms with Crippen LogP contribution in [-0.2, 0) is 11.2 Å². The molecule has 0 unspecified atom stereocenters. The summed E-state index contributed by atoms with van der Waals surface area (Å²) in [6.07, 6.45) is 1.77. The van der Waals surface area contributed by atoms with Crippen LogP contribution in [0.1, 0.15) is 21.7 Å². The smallest absolute Gasteiger partial charge is 0.291 e. The van der Waals surface area contributed by atoms with E-state index in [0.717, 1.165) is 16.8 Å². The predicted molar refractivity (Wildman–Crippen MR) is 96.6 cm³/mol. The Labute approximate surface area is 145 Å². The normalized spacial score (nSPS) is 10.3. The maximum absolute atomic E-state index is 12.2. The van der Waals surface area contributed by atoms with Crippen LogP contribution >= 0.6 is 0 Å². The Bertz CT molecular complexity index is 871. The molecule has 3 rings (SSSR count). The highest BCUT2D eigenvalue weighted by Crippen LogP contribution is 2.20. The van der Waals surface area contributed by atoms with Gasteiger partial charge in [0.2, 0.25) is 5.91 Å². The zero-order chi connectivity index (χ0) is 17.6. The number of nitrogens with one attached hydrogen (secondary N) is 2. The molecule has 1 aromatic heterocycles. The molecular formula is C20H18N2O3. The summed E-state index contributed by atoms with van der Waals surface area (Å²) in [5, 5.41) is 5.66. The van der Waals surface area contributed by atoms with E-state index in [1.807, 2.05) is 37.3 Å². The number of hydrogen-bond donors (Lipinski definition) is 2.